The first-order chi connectivity index (χ1) is 5.81. The van der Waals surface area contributed by atoms with Gasteiger partial charge in [-0.25, -0.2) is 9.97 Å². The molecule has 2 heterocycles. The highest BCUT2D eigenvalue weighted by molar-refractivity contribution is 5.39. The molecular weight excluding hydrogens is 154 g/mol. The van der Waals surface area contributed by atoms with Crippen LogP contribution in [-0.2, 0) is 6.61 Å². The van der Waals surface area contributed by atoms with Gasteiger partial charge in [-0.05, 0) is 13.0 Å². The quantitative estimate of drug-likeness (QED) is 0.667. The molecule has 0 spiro atoms. The van der Waals surface area contributed by atoms with E-state index in [1.165, 1.54) is 0 Å². The number of hydrogen-bond donors (Lipinski definition) is 1. The van der Waals surface area contributed by atoms with Crippen LogP contribution in [0.1, 0.15) is 11.5 Å². The van der Waals surface area contributed by atoms with Crippen LogP contribution in [0, 0.1) is 6.92 Å². The molecule has 4 nitrogen and oxygen atoms in total. The maximum absolute atomic E-state index is 8.83. The molecule has 0 bridgehead atoms. The fraction of sp³-hybridized carbons (Fsp3) is 0.250. The third-order valence-corrected chi connectivity index (χ3v) is 1.78. The summed E-state index contributed by atoms with van der Waals surface area (Å²) in [7, 11) is 0. The maximum atomic E-state index is 8.83. The predicted octanol–water partition coefficient (Wildman–Crippen LogP) is 0.530. The van der Waals surface area contributed by atoms with Gasteiger partial charge in [0.05, 0.1) is 12.3 Å². The molecule has 2 rings (SSSR count). The van der Waals surface area contributed by atoms with Gasteiger partial charge in [0.25, 0.3) is 0 Å². The Kier molecular flexibility index (Phi) is 1.55. The number of aliphatic hydroxyl groups is 1. The SMILES string of the molecule is Cc1nccc2nc(CO)cn12. The van der Waals surface area contributed by atoms with Gasteiger partial charge in [0.15, 0.2) is 0 Å². The van der Waals surface area contributed by atoms with Gasteiger partial charge in [-0.1, -0.05) is 0 Å². The molecule has 62 valence electrons. The van der Waals surface area contributed by atoms with E-state index in [9.17, 15) is 0 Å². The van der Waals surface area contributed by atoms with E-state index in [0.717, 1.165) is 11.5 Å². The summed E-state index contributed by atoms with van der Waals surface area (Å²) < 4.78 is 1.85. The molecule has 0 amide bonds. The third-order valence-electron chi connectivity index (χ3n) is 1.78. The van der Waals surface area contributed by atoms with Crippen molar-refractivity contribution in [1.82, 2.24) is 14.4 Å². The molecule has 4 heteroatoms. The second-order valence-corrected chi connectivity index (χ2v) is 2.61. The van der Waals surface area contributed by atoms with E-state index in [1.807, 2.05) is 17.4 Å². The first-order valence-corrected chi connectivity index (χ1v) is 3.71. The normalized spacial score (nSPS) is 10.8. The monoisotopic (exact) mass is 163 g/mol. The van der Waals surface area contributed by atoms with Crippen molar-refractivity contribution in [3.05, 3.63) is 30.0 Å². The number of imidazole rings is 1. The van der Waals surface area contributed by atoms with Crippen molar-refractivity contribution >= 4 is 5.65 Å². The Morgan fingerprint density at radius 3 is 3.08 bits per heavy atom. The van der Waals surface area contributed by atoms with Crippen LogP contribution in [0.2, 0.25) is 0 Å². The Morgan fingerprint density at radius 2 is 2.42 bits per heavy atom. The summed E-state index contributed by atoms with van der Waals surface area (Å²) in [5.41, 5.74) is 1.50. The Hall–Kier alpha value is -1.42. The van der Waals surface area contributed by atoms with Crippen LogP contribution < -0.4 is 0 Å². The minimum absolute atomic E-state index is 0.0267. The van der Waals surface area contributed by atoms with Gasteiger partial charge in [-0.3, -0.25) is 4.40 Å². The number of hydrogen-bond acceptors (Lipinski definition) is 3. The molecule has 0 aromatic carbocycles. The molecule has 0 fully saturated rings. The van der Waals surface area contributed by atoms with Gasteiger partial charge in [0, 0.05) is 12.4 Å². The van der Waals surface area contributed by atoms with Crippen LogP contribution >= 0.6 is 0 Å². The summed E-state index contributed by atoms with van der Waals surface area (Å²) in [6.45, 7) is 1.87. The molecule has 0 saturated carbocycles. The predicted molar refractivity (Wildman–Crippen MR) is 43.6 cm³/mol. The number of aromatic nitrogens is 3. The summed E-state index contributed by atoms with van der Waals surface area (Å²) in [6.07, 6.45) is 3.50. The molecule has 1 N–H and O–H groups in total. The van der Waals surface area contributed by atoms with Gasteiger partial charge >= 0.3 is 0 Å². The summed E-state index contributed by atoms with van der Waals surface area (Å²) in [6, 6.07) is 1.81. The van der Waals surface area contributed by atoms with Gasteiger partial charge in [0.2, 0.25) is 0 Å². The van der Waals surface area contributed by atoms with Crippen LogP contribution in [0.3, 0.4) is 0 Å². The van der Waals surface area contributed by atoms with Crippen LogP contribution in [0.25, 0.3) is 5.65 Å². The second kappa shape index (κ2) is 2.57. The van der Waals surface area contributed by atoms with E-state index < -0.39 is 0 Å². The summed E-state index contributed by atoms with van der Waals surface area (Å²) in [4.78, 5) is 8.26. The number of aliphatic hydroxyl groups excluding tert-OH is 1. The van der Waals surface area contributed by atoms with Crippen molar-refractivity contribution in [2.45, 2.75) is 13.5 Å². The smallest absolute Gasteiger partial charge is 0.140 e. The first kappa shape index (κ1) is 7.24. The standard InChI is InChI=1S/C8H9N3O/c1-6-9-3-2-8-10-7(5-12)4-11(6)8/h2-4,12H,5H2,1H3. The van der Waals surface area contributed by atoms with Crippen molar-refractivity contribution in [3.63, 3.8) is 0 Å². The molecule has 0 aliphatic carbocycles. The van der Waals surface area contributed by atoms with Crippen LogP contribution in [-0.4, -0.2) is 19.5 Å². The lowest BCUT2D eigenvalue weighted by Crippen LogP contribution is -1.91. The van der Waals surface area contributed by atoms with E-state index in [2.05, 4.69) is 9.97 Å². The lowest BCUT2D eigenvalue weighted by molar-refractivity contribution is 0.277. The summed E-state index contributed by atoms with van der Waals surface area (Å²) in [5, 5.41) is 8.83. The molecule has 2 aromatic rings. The van der Waals surface area contributed by atoms with E-state index >= 15 is 0 Å². The fourth-order valence-electron chi connectivity index (χ4n) is 1.17. The highest BCUT2D eigenvalue weighted by atomic mass is 16.3. The number of nitrogens with zero attached hydrogens (tertiary/aromatic N) is 3. The average Bonchev–Trinajstić information content (AvgIpc) is 2.49. The molecular formula is C8H9N3O. The lowest BCUT2D eigenvalue weighted by Gasteiger charge is -1.94. The molecule has 0 radical (unpaired) electrons. The van der Waals surface area contributed by atoms with Crippen LogP contribution in [0.5, 0.6) is 0 Å². The average molecular weight is 163 g/mol. The molecule has 0 aliphatic rings. The van der Waals surface area contributed by atoms with Crippen LogP contribution in [0.15, 0.2) is 18.5 Å². The molecule has 2 aromatic heterocycles. The Morgan fingerprint density at radius 1 is 1.58 bits per heavy atom. The Bertz CT molecular complexity index is 408. The van der Waals surface area contributed by atoms with E-state index in [-0.39, 0.29) is 6.61 Å². The number of fused-ring (bicyclic) bond motifs is 1. The van der Waals surface area contributed by atoms with Gasteiger partial charge in [-0.2, -0.15) is 0 Å². The van der Waals surface area contributed by atoms with Crippen molar-refractivity contribution < 1.29 is 5.11 Å². The van der Waals surface area contributed by atoms with E-state index in [4.69, 9.17) is 5.11 Å². The number of aryl methyl sites for hydroxylation is 1. The van der Waals surface area contributed by atoms with Crippen molar-refractivity contribution in [2.75, 3.05) is 0 Å². The van der Waals surface area contributed by atoms with Crippen LogP contribution in [0.4, 0.5) is 0 Å². The zero-order chi connectivity index (χ0) is 8.55. The topological polar surface area (TPSA) is 50.4 Å². The maximum Gasteiger partial charge on any atom is 0.140 e. The molecule has 0 aliphatic heterocycles. The van der Waals surface area contributed by atoms with Crippen molar-refractivity contribution in [2.24, 2.45) is 0 Å². The molecule has 0 unspecified atom stereocenters. The second-order valence-electron chi connectivity index (χ2n) is 2.61. The van der Waals surface area contributed by atoms with E-state index in [0.29, 0.717) is 5.69 Å². The molecule has 12 heavy (non-hydrogen) atoms. The lowest BCUT2D eigenvalue weighted by atomic mass is 10.5. The highest BCUT2D eigenvalue weighted by Crippen LogP contribution is 2.05. The van der Waals surface area contributed by atoms with Gasteiger partial charge < -0.3 is 5.11 Å². The largest absolute Gasteiger partial charge is 0.390 e. The number of rotatable bonds is 1. The zero-order valence-electron chi connectivity index (χ0n) is 6.73. The van der Waals surface area contributed by atoms with Gasteiger partial charge in [0.1, 0.15) is 11.5 Å². The molecule has 0 saturated heterocycles. The summed E-state index contributed by atoms with van der Waals surface area (Å²) >= 11 is 0. The Balaban J connectivity index is 2.74. The fourth-order valence-corrected chi connectivity index (χ4v) is 1.17. The molecule has 0 atom stereocenters. The van der Waals surface area contributed by atoms with Crippen molar-refractivity contribution in [3.8, 4) is 0 Å². The van der Waals surface area contributed by atoms with Crippen molar-refractivity contribution in [1.29, 1.82) is 0 Å². The highest BCUT2D eigenvalue weighted by Gasteiger charge is 2.01. The Labute approximate surface area is 69.5 Å². The third kappa shape index (κ3) is 0.967. The first-order valence-electron chi connectivity index (χ1n) is 3.71. The van der Waals surface area contributed by atoms with Gasteiger partial charge in [-0.15, -0.1) is 0 Å². The minimum Gasteiger partial charge on any atom is -0.390 e. The zero-order valence-corrected chi connectivity index (χ0v) is 6.73. The summed E-state index contributed by atoms with van der Waals surface area (Å²) in [5.74, 6) is 0.875. The minimum atomic E-state index is -0.0267. The van der Waals surface area contributed by atoms with E-state index in [1.54, 1.807) is 12.4 Å².